The molecule has 1 heterocycles. The van der Waals surface area contributed by atoms with Crippen LogP contribution in [-0.2, 0) is 6.42 Å². The first-order valence-corrected chi connectivity index (χ1v) is 13.8. The predicted octanol–water partition coefficient (Wildman–Crippen LogP) is 8.18. The molecular weight excluding hydrogens is 567 g/mol. The van der Waals surface area contributed by atoms with Gasteiger partial charge in [-0.2, -0.15) is 0 Å². The first-order chi connectivity index (χ1) is 19.3. The van der Waals surface area contributed by atoms with Crippen molar-refractivity contribution in [2.24, 2.45) is 0 Å². The fourth-order valence-electron chi connectivity index (χ4n) is 4.56. The van der Waals surface area contributed by atoms with Crippen LogP contribution in [0.4, 0.5) is 10.5 Å². The van der Waals surface area contributed by atoms with E-state index in [1.54, 1.807) is 70.1 Å². The van der Waals surface area contributed by atoms with Crippen molar-refractivity contribution < 1.29 is 4.79 Å². The van der Waals surface area contributed by atoms with Crippen LogP contribution in [0.15, 0.2) is 102 Å². The Balaban J connectivity index is 1.61. The van der Waals surface area contributed by atoms with Crippen LogP contribution in [-0.4, -0.2) is 27.0 Å². The number of para-hydroxylation sites is 1. The molecule has 0 bridgehead atoms. The molecule has 0 radical (unpaired) electrons. The quantitative estimate of drug-likeness (QED) is 0.208. The van der Waals surface area contributed by atoms with Gasteiger partial charge in [0.15, 0.2) is 0 Å². The van der Waals surface area contributed by atoms with Crippen molar-refractivity contribution >= 4 is 57.4 Å². The summed E-state index contributed by atoms with van der Waals surface area (Å²) < 4.78 is 1.54. The van der Waals surface area contributed by atoms with E-state index in [2.05, 4.69) is 5.32 Å². The summed E-state index contributed by atoms with van der Waals surface area (Å²) in [5, 5.41) is 4.49. The number of halogens is 3. The summed E-state index contributed by atoms with van der Waals surface area (Å²) in [7, 11) is 0. The van der Waals surface area contributed by atoms with Gasteiger partial charge in [-0.05, 0) is 67.4 Å². The standard InChI is InChI=1S/C31H25Cl3N4O2/c1-20(29-35-26-12-6-5-10-24(26)30(39)38(29)23-16-14-22(32)15-17-23)37(19-18-21-8-3-2-4-9-21)31(40)36-27-13-7-11-25(33)28(27)34/h2-17,20H,18-19H2,1H3,(H,36,40). The van der Waals surface area contributed by atoms with Crippen molar-refractivity contribution in [1.29, 1.82) is 0 Å². The van der Waals surface area contributed by atoms with Gasteiger partial charge in [0.1, 0.15) is 5.82 Å². The number of amides is 2. The number of nitrogens with zero attached hydrogens (tertiary/aromatic N) is 3. The van der Waals surface area contributed by atoms with Gasteiger partial charge >= 0.3 is 6.03 Å². The number of benzene rings is 4. The van der Waals surface area contributed by atoms with Crippen LogP contribution in [0, 0.1) is 0 Å². The third kappa shape index (κ3) is 5.85. The molecule has 0 spiro atoms. The number of hydrogen-bond donors (Lipinski definition) is 1. The number of anilines is 1. The maximum atomic E-state index is 13.8. The van der Waals surface area contributed by atoms with Crippen LogP contribution >= 0.6 is 34.8 Å². The van der Waals surface area contributed by atoms with Crippen LogP contribution in [0.1, 0.15) is 24.4 Å². The SMILES string of the molecule is CC(c1nc2ccccc2c(=O)n1-c1ccc(Cl)cc1)N(CCc1ccccc1)C(=O)Nc1cccc(Cl)c1Cl. The van der Waals surface area contributed by atoms with E-state index in [1.165, 1.54) is 0 Å². The Morgan fingerprint density at radius 2 is 1.60 bits per heavy atom. The maximum Gasteiger partial charge on any atom is 0.322 e. The molecule has 1 N–H and O–H groups in total. The number of urea groups is 1. The number of carbonyl (C=O) groups excluding carboxylic acids is 1. The molecule has 40 heavy (non-hydrogen) atoms. The second-order valence-electron chi connectivity index (χ2n) is 9.24. The fraction of sp³-hybridized carbons (Fsp3) is 0.129. The number of aromatic nitrogens is 2. The second-order valence-corrected chi connectivity index (χ2v) is 10.5. The average molecular weight is 592 g/mol. The number of carbonyl (C=O) groups is 1. The number of hydrogen-bond acceptors (Lipinski definition) is 3. The number of rotatable bonds is 7. The summed E-state index contributed by atoms with van der Waals surface area (Å²) in [6, 6.07) is 28.0. The van der Waals surface area contributed by atoms with Crippen molar-refractivity contribution in [3.63, 3.8) is 0 Å². The van der Waals surface area contributed by atoms with E-state index in [-0.39, 0.29) is 10.6 Å². The molecule has 0 aliphatic heterocycles. The maximum absolute atomic E-state index is 13.8. The van der Waals surface area contributed by atoms with Crippen LogP contribution in [0.3, 0.4) is 0 Å². The lowest BCUT2D eigenvalue weighted by molar-refractivity contribution is 0.190. The van der Waals surface area contributed by atoms with Crippen molar-refractivity contribution in [2.75, 3.05) is 11.9 Å². The summed E-state index contributed by atoms with van der Waals surface area (Å²) in [6.45, 7) is 2.20. The summed E-state index contributed by atoms with van der Waals surface area (Å²) in [5.41, 5.74) is 2.35. The lowest BCUT2D eigenvalue weighted by Crippen LogP contribution is -2.41. The molecule has 1 aromatic heterocycles. The molecule has 2 amide bonds. The third-order valence-electron chi connectivity index (χ3n) is 6.67. The van der Waals surface area contributed by atoms with Crippen LogP contribution in [0.2, 0.25) is 15.1 Å². The van der Waals surface area contributed by atoms with Gasteiger partial charge in [-0.3, -0.25) is 9.36 Å². The van der Waals surface area contributed by atoms with Gasteiger partial charge in [0.05, 0.1) is 38.4 Å². The largest absolute Gasteiger partial charge is 0.322 e. The van der Waals surface area contributed by atoms with E-state index in [9.17, 15) is 9.59 Å². The highest BCUT2D eigenvalue weighted by molar-refractivity contribution is 6.44. The topological polar surface area (TPSA) is 67.2 Å². The third-order valence-corrected chi connectivity index (χ3v) is 7.74. The van der Waals surface area contributed by atoms with Gasteiger partial charge in [0.25, 0.3) is 5.56 Å². The van der Waals surface area contributed by atoms with E-state index < -0.39 is 12.1 Å². The van der Waals surface area contributed by atoms with Gasteiger partial charge in [0.2, 0.25) is 0 Å². The van der Waals surface area contributed by atoms with Crippen LogP contribution in [0.25, 0.3) is 16.6 Å². The summed E-state index contributed by atoms with van der Waals surface area (Å²) in [4.78, 5) is 34.2. The molecule has 6 nitrogen and oxygen atoms in total. The second kappa shape index (κ2) is 12.1. The Bertz CT molecular complexity index is 1720. The molecular formula is C31H25Cl3N4O2. The van der Waals surface area contributed by atoms with Crippen molar-refractivity contribution in [3.8, 4) is 5.69 Å². The minimum atomic E-state index is -0.616. The van der Waals surface area contributed by atoms with E-state index >= 15 is 0 Å². The molecule has 5 rings (SSSR count). The molecule has 1 atom stereocenters. The summed E-state index contributed by atoms with van der Waals surface area (Å²) in [5.74, 6) is 0.409. The Morgan fingerprint density at radius 1 is 0.900 bits per heavy atom. The van der Waals surface area contributed by atoms with Crippen molar-refractivity contribution in [2.45, 2.75) is 19.4 Å². The summed E-state index contributed by atoms with van der Waals surface area (Å²) in [6.07, 6.45) is 0.584. The van der Waals surface area contributed by atoms with E-state index in [0.29, 0.717) is 51.1 Å². The van der Waals surface area contributed by atoms with Crippen molar-refractivity contribution in [3.05, 3.63) is 134 Å². The molecule has 0 fully saturated rings. The zero-order valence-corrected chi connectivity index (χ0v) is 23.8. The fourth-order valence-corrected chi connectivity index (χ4v) is 5.04. The Morgan fingerprint density at radius 3 is 2.35 bits per heavy atom. The molecule has 202 valence electrons. The van der Waals surface area contributed by atoms with Gasteiger partial charge in [0, 0.05) is 11.6 Å². The molecule has 5 aromatic rings. The highest BCUT2D eigenvalue weighted by Crippen LogP contribution is 2.31. The minimum Gasteiger partial charge on any atom is -0.314 e. The molecule has 0 saturated heterocycles. The smallest absolute Gasteiger partial charge is 0.314 e. The highest BCUT2D eigenvalue weighted by Gasteiger charge is 2.27. The Hall–Kier alpha value is -3.84. The van der Waals surface area contributed by atoms with E-state index in [0.717, 1.165) is 5.56 Å². The van der Waals surface area contributed by atoms with E-state index in [1.807, 2.05) is 43.3 Å². The lowest BCUT2D eigenvalue weighted by Gasteiger charge is -2.31. The predicted molar refractivity (Wildman–Crippen MR) is 163 cm³/mol. The number of fused-ring (bicyclic) bond motifs is 1. The van der Waals surface area contributed by atoms with Crippen LogP contribution in [0.5, 0.6) is 0 Å². The molecule has 1 unspecified atom stereocenters. The van der Waals surface area contributed by atoms with Gasteiger partial charge in [-0.1, -0.05) is 83.3 Å². The minimum absolute atomic E-state index is 0.240. The first-order valence-electron chi connectivity index (χ1n) is 12.7. The van der Waals surface area contributed by atoms with Crippen LogP contribution < -0.4 is 10.9 Å². The van der Waals surface area contributed by atoms with Gasteiger partial charge in [-0.15, -0.1) is 0 Å². The number of nitrogens with one attached hydrogen (secondary N) is 1. The molecule has 0 saturated carbocycles. The molecule has 4 aromatic carbocycles. The first kappa shape index (κ1) is 27.7. The zero-order valence-electron chi connectivity index (χ0n) is 21.5. The van der Waals surface area contributed by atoms with Crippen molar-refractivity contribution in [1.82, 2.24) is 14.5 Å². The normalized spacial score (nSPS) is 11.8. The molecule has 0 aliphatic rings. The van der Waals surface area contributed by atoms with Gasteiger partial charge in [-0.25, -0.2) is 9.78 Å². The highest BCUT2D eigenvalue weighted by atomic mass is 35.5. The van der Waals surface area contributed by atoms with E-state index in [4.69, 9.17) is 39.8 Å². The zero-order chi connectivity index (χ0) is 28.2. The Kier molecular flexibility index (Phi) is 8.40. The average Bonchev–Trinajstić information content (AvgIpc) is 2.96. The Labute approximate surface area is 246 Å². The van der Waals surface area contributed by atoms with Gasteiger partial charge < -0.3 is 10.2 Å². The lowest BCUT2D eigenvalue weighted by atomic mass is 10.1. The monoisotopic (exact) mass is 590 g/mol. The molecule has 0 aliphatic carbocycles. The molecule has 9 heteroatoms. The summed E-state index contributed by atoms with van der Waals surface area (Å²) >= 11 is 18.7.